The molecule has 3 fully saturated rings. The first kappa shape index (κ1) is 20.3. The van der Waals surface area contributed by atoms with Crippen LogP contribution in [0.4, 0.5) is 0 Å². The number of nitrogens with zero attached hydrogens (tertiary/aromatic N) is 3. The summed E-state index contributed by atoms with van der Waals surface area (Å²) >= 11 is 0. The number of rotatable bonds is 5. The molecule has 0 radical (unpaired) electrons. The number of amides is 2. The van der Waals surface area contributed by atoms with Crippen molar-refractivity contribution in [3.05, 3.63) is 30.1 Å². The van der Waals surface area contributed by atoms with Crippen LogP contribution < -0.4 is 5.48 Å². The van der Waals surface area contributed by atoms with E-state index < -0.39 is 17.9 Å². The molecule has 1 spiro atoms. The standard InChI is InChI=1S/C22H32N4O3/c1-25-15-22(8-9-22)14-18(20(27)24-29)19(25)21(28)26-12-6-17(7-13-26)3-2-16-4-10-23-11-5-16/h4-5,10-11,17-19,29H,2-3,6-9,12-15H2,1H3,(H,24,27)/t18-,19-/m0/s1. The molecular formula is C22H32N4O3. The highest BCUT2D eigenvalue weighted by Crippen LogP contribution is 2.54. The Bertz CT molecular complexity index is 729. The van der Waals surface area contributed by atoms with Crippen LogP contribution in [-0.4, -0.2) is 64.5 Å². The lowest BCUT2D eigenvalue weighted by Gasteiger charge is -2.44. The van der Waals surface area contributed by atoms with E-state index in [4.69, 9.17) is 0 Å². The number of nitrogens with one attached hydrogen (secondary N) is 1. The van der Waals surface area contributed by atoms with Gasteiger partial charge in [0.05, 0.1) is 5.92 Å². The summed E-state index contributed by atoms with van der Waals surface area (Å²) in [5, 5.41) is 9.21. The van der Waals surface area contributed by atoms with Crippen LogP contribution in [-0.2, 0) is 16.0 Å². The fraction of sp³-hybridized carbons (Fsp3) is 0.682. The predicted octanol–water partition coefficient (Wildman–Crippen LogP) is 1.86. The van der Waals surface area contributed by atoms with Crippen molar-refractivity contribution in [2.45, 2.75) is 51.0 Å². The number of hydrogen-bond donors (Lipinski definition) is 2. The molecule has 2 amide bonds. The SMILES string of the molecule is CN1CC2(CC2)C[C@H](C(=O)NO)[C@H]1C(=O)N1CCC(CCc2ccncc2)CC1. The molecule has 2 atom stereocenters. The monoisotopic (exact) mass is 400 g/mol. The van der Waals surface area contributed by atoms with Crippen molar-refractivity contribution in [2.24, 2.45) is 17.3 Å². The van der Waals surface area contributed by atoms with Crippen LogP contribution in [0.25, 0.3) is 0 Å². The number of pyridine rings is 1. The molecule has 3 heterocycles. The molecule has 158 valence electrons. The molecule has 2 saturated heterocycles. The fourth-order valence-electron chi connectivity index (χ4n) is 5.35. The Morgan fingerprint density at radius 2 is 1.93 bits per heavy atom. The van der Waals surface area contributed by atoms with Gasteiger partial charge in [-0.2, -0.15) is 0 Å². The maximum absolute atomic E-state index is 13.3. The van der Waals surface area contributed by atoms with Crippen LogP contribution in [0.5, 0.6) is 0 Å². The summed E-state index contributed by atoms with van der Waals surface area (Å²) in [5.41, 5.74) is 3.29. The molecule has 0 unspecified atom stereocenters. The zero-order valence-corrected chi connectivity index (χ0v) is 17.2. The van der Waals surface area contributed by atoms with E-state index in [9.17, 15) is 14.8 Å². The second-order valence-corrected chi connectivity index (χ2v) is 9.31. The molecule has 1 aliphatic carbocycles. The van der Waals surface area contributed by atoms with Crippen LogP contribution in [0.3, 0.4) is 0 Å². The molecule has 7 heteroatoms. The first-order valence-corrected chi connectivity index (χ1v) is 10.8. The quantitative estimate of drug-likeness (QED) is 0.582. The van der Waals surface area contributed by atoms with Gasteiger partial charge in [0.25, 0.3) is 0 Å². The molecule has 3 aliphatic rings. The number of likely N-dealkylation sites (N-methyl/N-ethyl adjacent to an activating group) is 1. The minimum absolute atomic E-state index is 0.0455. The van der Waals surface area contributed by atoms with E-state index >= 15 is 0 Å². The molecule has 4 rings (SSSR count). The van der Waals surface area contributed by atoms with Gasteiger partial charge in [-0.1, -0.05) is 0 Å². The Hall–Kier alpha value is -1.99. The smallest absolute Gasteiger partial charge is 0.248 e. The first-order chi connectivity index (χ1) is 14.0. The molecule has 29 heavy (non-hydrogen) atoms. The molecule has 1 aromatic rings. The lowest BCUT2D eigenvalue weighted by Crippen LogP contribution is -2.60. The van der Waals surface area contributed by atoms with Crippen molar-refractivity contribution >= 4 is 11.8 Å². The highest BCUT2D eigenvalue weighted by atomic mass is 16.5. The molecule has 2 N–H and O–H groups in total. The van der Waals surface area contributed by atoms with E-state index in [1.165, 1.54) is 5.56 Å². The topological polar surface area (TPSA) is 85.8 Å². The van der Waals surface area contributed by atoms with Gasteiger partial charge in [-0.3, -0.25) is 24.7 Å². The van der Waals surface area contributed by atoms with Gasteiger partial charge in [0.1, 0.15) is 6.04 Å². The Morgan fingerprint density at radius 1 is 1.24 bits per heavy atom. The highest BCUT2D eigenvalue weighted by Gasteiger charge is 2.55. The number of likely N-dealkylation sites (tertiary alicyclic amines) is 2. The minimum atomic E-state index is -0.474. The largest absolute Gasteiger partial charge is 0.341 e. The average Bonchev–Trinajstić information content (AvgIpc) is 3.50. The number of aryl methyl sites for hydroxylation is 1. The summed E-state index contributed by atoms with van der Waals surface area (Å²) < 4.78 is 0. The first-order valence-electron chi connectivity index (χ1n) is 10.8. The average molecular weight is 401 g/mol. The van der Waals surface area contributed by atoms with Gasteiger partial charge < -0.3 is 4.90 Å². The number of piperidine rings is 2. The third kappa shape index (κ3) is 4.46. The summed E-state index contributed by atoms with van der Waals surface area (Å²) in [6.07, 6.45) is 10.8. The molecule has 7 nitrogen and oxygen atoms in total. The molecule has 2 aliphatic heterocycles. The maximum Gasteiger partial charge on any atom is 0.248 e. The number of carbonyl (C=O) groups is 2. The van der Waals surface area contributed by atoms with E-state index in [0.717, 1.165) is 58.2 Å². The van der Waals surface area contributed by atoms with Crippen LogP contribution in [0.1, 0.15) is 44.1 Å². The summed E-state index contributed by atoms with van der Waals surface area (Å²) in [7, 11) is 1.95. The van der Waals surface area contributed by atoms with E-state index in [0.29, 0.717) is 12.3 Å². The lowest BCUT2D eigenvalue weighted by molar-refractivity contribution is -0.151. The van der Waals surface area contributed by atoms with Gasteiger partial charge in [-0.05, 0) is 81.0 Å². The third-order valence-electron chi connectivity index (χ3n) is 7.27. The zero-order chi connectivity index (χ0) is 20.4. The van der Waals surface area contributed by atoms with E-state index in [2.05, 4.69) is 17.1 Å². The van der Waals surface area contributed by atoms with Crippen molar-refractivity contribution in [1.29, 1.82) is 0 Å². The van der Waals surface area contributed by atoms with Crippen molar-refractivity contribution in [2.75, 3.05) is 26.7 Å². The molecule has 0 bridgehead atoms. The van der Waals surface area contributed by atoms with Crippen LogP contribution in [0, 0.1) is 17.3 Å². The van der Waals surface area contributed by atoms with Gasteiger partial charge in [0, 0.05) is 32.0 Å². The third-order valence-corrected chi connectivity index (χ3v) is 7.27. The van der Waals surface area contributed by atoms with Crippen molar-refractivity contribution in [1.82, 2.24) is 20.3 Å². The van der Waals surface area contributed by atoms with Crippen LogP contribution >= 0.6 is 0 Å². The Kier molecular flexibility index (Phi) is 5.88. The van der Waals surface area contributed by atoms with Crippen molar-refractivity contribution in [3.8, 4) is 0 Å². The number of hydrogen-bond acceptors (Lipinski definition) is 5. The minimum Gasteiger partial charge on any atom is -0.341 e. The second kappa shape index (κ2) is 8.40. The molecule has 1 aromatic heterocycles. The van der Waals surface area contributed by atoms with Gasteiger partial charge in [0.2, 0.25) is 11.8 Å². The Balaban J connectivity index is 1.33. The van der Waals surface area contributed by atoms with Crippen LogP contribution in [0.15, 0.2) is 24.5 Å². The Morgan fingerprint density at radius 3 is 2.55 bits per heavy atom. The second-order valence-electron chi connectivity index (χ2n) is 9.31. The van der Waals surface area contributed by atoms with Crippen LogP contribution in [0.2, 0.25) is 0 Å². The normalized spacial score (nSPS) is 27.0. The van der Waals surface area contributed by atoms with Gasteiger partial charge in [0.15, 0.2) is 0 Å². The molecular weight excluding hydrogens is 368 g/mol. The predicted molar refractivity (Wildman–Crippen MR) is 108 cm³/mol. The van der Waals surface area contributed by atoms with Gasteiger partial charge in [-0.15, -0.1) is 0 Å². The highest BCUT2D eigenvalue weighted by molar-refractivity contribution is 5.90. The lowest BCUT2D eigenvalue weighted by atomic mass is 9.79. The number of hydroxylamine groups is 1. The fourth-order valence-corrected chi connectivity index (χ4v) is 5.35. The summed E-state index contributed by atoms with van der Waals surface area (Å²) in [6.45, 7) is 2.37. The van der Waals surface area contributed by atoms with Gasteiger partial charge >= 0.3 is 0 Å². The van der Waals surface area contributed by atoms with E-state index in [-0.39, 0.29) is 11.3 Å². The number of carbonyl (C=O) groups excluding carboxylic acids is 2. The van der Waals surface area contributed by atoms with E-state index in [1.54, 1.807) is 0 Å². The van der Waals surface area contributed by atoms with Gasteiger partial charge in [-0.25, -0.2) is 5.48 Å². The molecule has 0 aromatic carbocycles. The molecule has 1 saturated carbocycles. The summed E-state index contributed by atoms with van der Waals surface area (Å²) in [4.78, 5) is 33.7. The zero-order valence-electron chi connectivity index (χ0n) is 17.2. The summed E-state index contributed by atoms with van der Waals surface area (Å²) in [5.74, 6) is -0.224. The van der Waals surface area contributed by atoms with Crippen molar-refractivity contribution < 1.29 is 14.8 Å². The van der Waals surface area contributed by atoms with Crippen molar-refractivity contribution in [3.63, 3.8) is 0 Å². The summed E-state index contributed by atoms with van der Waals surface area (Å²) in [6, 6.07) is 3.66. The van der Waals surface area contributed by atoms with E-state index in [1.807, 2.05) is 34.7 Å². The number of aromatic nitrogens is 1. The maximum atomic E-state index is 13.3. The Labute approximate surface area is 172 Å².